The maximum Gasteiger partial charge on any atom is -0.0238 e. The Morgan fingerprint density at radius 2 is 0.250 bits per heavy atom. The van der Waals surface area contributed by atoms with Crippen molar-refractivity contribution in [3.05, 3.63) is 140 Å². The van der Waals surface area contributed by atoms with Gasteiger partial charge in [-0.15, -0.1) is 0 Å². The van der Waals surface area contributed by atoms with Crippen molar-refractivity contribution >= 4 is 0 Å². The molecule has 12 bridgehead atoms. The zero-order valence-electron chi connectivity index (χ0n) is 21.4. The summed E-state index contributed by atoms with van der Waals surface area (Å²) in [6, 6.07) is 30.1. The van der Waals surface area contributed by atoms with E-state index in [0.29, 0.717) is 0 Å². The SMILES string of the molecule is c1c2cc3cc1CCc1cc4cc(c1)CCc1cc(cc(c1)CCc1cc(cc(c1)CC4)CC2)CC3. The molecule has 180 valence electrons. The maximum atomic E-state index is 2.51. The van der Waals surface area contributed by atoms with E-state index in [1.54, 1.807) is 0 Å². The van der Waals surface area contributed by atoms with Crippen LogP contribution in [-0.4, -0.2) is 0 Å². The summed E-state index contributed by atoms with van der Waals surface area (Å²) < 4.78 is 0. The molecule has 0 atom stereocenters. The van der Waals surface area contributed by atoms with Crippen LogP contribution in [0.1, 0.15) is 66.8 Å². The van der Waals surface area contributed by atoms with Crippen LogP contribution >= 0.6 is 0 Å². The molecule has 0 heteroatoms. The molecule has 0 heterocycles. The van der Waals surface area contributed by atoms with Gasteiger partial charge in [0, 0.05) is 0 Å². The summed E-state index contributed by atoms with van der Waals surface area (Å²) in [4.78, 5) is 0. The molecule has 4 aromatic rings. The number of hydrogen-bond acceptors (Lipinski definition) is 0. The second kappa shape index (κ2) is 9.40. The Kier molecular flexibility index (Phi) is 5.77. The van der Waals surface area contributed by atoms with E-state index in [9.17, 15) is 0 Å². The predicted octanol–water partition coefficient (Wildman–Crippen LogP) is 7.34. The molecule has 4 aromatic carbocycles. The van der Waals surface area contributed by atoms with Gasteiger partial charge in [0.1, 0.15) is 0 Å². The van der Waals surface area contributed by atoms with E-state index in [0.717, 1.165) is 77.0 Å². The zero-order chi connectivity index (χ0) is 23.9. The summed E-state index contributed by atoms with van der Waals surface area (Å²) in [5, 5.41) is 0. The lowest BCUT2D eigenvalue weighted by atomic mass is 9.94. The first-order chi connectivity index (χ1) is 17.7. The quantitative estimate of drug-likeness (QED) is 0.253. The number of rotatable bonds is 0. The van der Waals surface area contributed by atoms with E-state index in [4.69, 9.17) is 0 Å². The summed E-state index contributed by atoms with van der Waals surface area (Å²) in [6.45, 7) is 0. The largest absolute Gasteiger partial charge is 0.0558 e. The van der Waals surface area contributed by atoms with Crippen molar-refractivity contribution in [2.75, 3.05) is 0 Å². The van der Waals surface area contributed by atoms with Crippen molar-refractivity contribution in [3.8, 4) is 0 Å². The fourth-order valence-electron chi connectivity index (χ4n) is 6.82. The van der Waals surface area contributed by atoms with Crippen molar-refractivity contribution < 1.29 is 0 Å². The molecular formula is C36H36. The summed E-state index contributed by atoms with van der Waals surface area (Å²) in [5.74, 6) is 0. The Balaban J connectivity index is 1.47. The third-order valence-corrected chi connectivity index (χ3v) is 8.66. The van der Waals surface area contributed by atoms with Crippen LogP contribution in [0, 0.1) is 0 Å². The molecule has 0 aromatic heterocycles. The van der Waals surface area contributed by atoms with Crippen molar-refractivity contribution in [1.82, 2.24) is 0 Å². The monoisotopic (exact) mass is 468 g/mol. The first kappa shape index (κ1) is 22.1. The fraction of sp³-hybridized carbons (Fsp3) is 0.333. The Hall–Kier alpha value is -3.12. The van der Waals surface area contributed by atoms with Crippen LogP contribution in [0.3, 0.4) is 0 Å². The summed E-state index contributed by atoms with van der Waals surface area (Å²) in [6.07, 6.45) is 13.7. The van der Waals surface area contributed by atoms with Gasteiger partial charge in [0.25, 0.3) is 0 Å². The minimum Gasteiger partial charge on any atom is -0.0558 e. The Bertz CT molecular complexity index is 994. The lowest BCUT2D eigenvalue weighted by Gasteiger charge is -2.12. The van der Waals surface area contributed by atoms with Crippen molar-refractivity contribution in [3.63, 3.8) is 0 Å². The highest BCUT2D eigenvalue weighted by Crippen LogP contribution is 2.25. The van der Waals surface area contributed by atoms with Gasteiger partial charge in [-0.25, -0.2) is 0 Å². The molecule has 36 heavy (non-hydrogen) atoms. The molecule has 0 unspecified atom stereocenters. The minimum atomic E-state index is 1.14. The highest BCUT2D eigenvalue weighted by atomic mass is 14.2. The molecule has 0 amide bonds. The zero-order valence-corrected chi connectivity index (χ0v) is 21.4. The van der Waals surface area contributed by atoms with Gasteiger partial charge in [0.05, 0.1) is 0 Å². The number of aryl methyl sites for hydroxylation is 12. The molecule has 4 aliphatic carbocycles. The number of benzene rings is 4. The lowest BCUT2D eigenvalue weighted by Crippen LogP contribution is -2.00. The predicted molar refractivity (Wildman–Crippen MR) is 150 cm³/mol. The highest BCUT2D eigenvalue weighted by molar-refractivity contribution is 5.40. The second-order valence-corrected chi connectivity index (χ2v) is 11.6. The van der Waals surface area contributed by atoms with Gasteiger partial charge < -0.3 is 0 Å². The van der Waals surface area contributed by atoms with Crippen molar-refractivity contribution in [1.29, 1.82) is 0 Å². The topological polar surface area (TPSA) is 0 Å². The van der Waals surface area contributed by atoms with Gasteiger partial charge >= 0.3 is 0 Å². The van der Waals surface area contributed by atoms with Crippen LogP contribution in [0.25, 0.3) is 0 Å². The van der Waals surface area contributed by atoms with Gasteiger partial charge in [-0.2, -0.15) is 0 Å². The molecule has 8 rings (SSSR count). The van der Waals surface area contributed by atoms with Crippen LogP contribution < -0.4 is 0 Å². The van der Waals surface area contributed by atoms with Gasteiger partial charge in [-0.05, 0) is 144 Å². The minimum absolute atomic E-state index is 1.14. The Morgan fingerprint density at radius 3 is 0.333 bits per heavy atom. The molecule has 4 aliphatic rings. The third-order valence-electron chi connectivity index (χ3n) is 8.66. The summed E-state index contributed by atoms with van der Waals surface area (Å²) in [5.41, 5.74) is 18.2. The highest BCUT2D eigenvalue weighted by Gasteiger charge is 2.12. The Morgan fingerprint density at radius 1 is 0.167 bits per heavy atom. The molecule has 0 saturated heterocycles. The second-order valence-electron chi connectivity index (χ2n) is 11.6. The number of fused-ring (bicyclic) bond motifs is 6. The van der Waals surface area contributed by atoms with Gasteiger partial charge in [-0.3, -0.25) is 0 Å². The summed E-state index contributed by atoms with van der Waals surface area (Å²) >= 11 is 0. The molecule has 0 fully saturated rings. The molecule has 0 saturated carbocycles. The first-order valence-electron chi connectivity index (χ1n) is 14.2. The third kappa shape index (κ3) is 4.92. The molecule has 0 N–H and O–H groups in total. The van der Waals surface area contributed by atoms with Crippen LogP contribution in [0.15, 0.2) is 72.8 Å². The molecular weight excluding hydrogens is 432 g/mol. The van der Waals surface area contributed by atoms with E-state index >= 15 is 0 Å². The van der Waals surface area contributed by atoms with Crippen LogP contribution in [0.5, 0.6) is 0 Å². The van der Waals surface area contributed by atoms with E-state index in [-0.39, 0.29) is 0 Å². The fourth-order valence-corrected chi connectivity index (χ4v) is 6.82. The molecule has 0 nitrogen and oxygen atoms in total. The van der Waals surface area contributed by atoms with E-state index in [2.05, 4.69) is 72.8 Å². The van der Waals surface area contributed by atoms with Crippen LogP contribution in [0.4, 0.5) is 0 Å². The molecule has 0 aliphatic heterocycles. The number of hydrogen-bond donors (Lipinski definition) is 0. The van der Waals surface area contributed by atoms with E-state index < -0.39 is 0 Å². The average molecular weight is 469 g/mol. The lowest BCUT2D eigenvalue weighted by molar-refractivity contribution is 0.902. The molecule has 0 spiro atoms. The molecule has 0 radical (unpaired) electrons. The normalized spacial score (nSPS) is 16.7. The van der Waals surface area contributed by atoms with Crippen molar-refractivity contribution in [2.45, 2.75) is 77.0 Å². The summed E-state index contributed by atoms with van der Waals surface area (Å²) in [7, 11) is 0. The Labute approximate surface area is 216 Å². The van der Waals surface area contributed by atoms with Crippen LogP contribution in [0.2, 0.25) is 0 Å². The van der Waals surface area contributed by atoms with E-state index in [1.807, 2.05) is 0 Å². The maximum absolute atomic E-state index is 2.51. The first-order valence-corrected chi connectivity index (χ1v) is 14.2. The standard InChI is InChI=1S/C36H36/c1-2-26-15-29-7-9-33-19-31-5-3-27-13-25(1)14-28(17-27)4-6-32-20-34(10-8-30(16-26)18-29)24-36(22-32)12-11-35(21-31)23-33/h13-24H,1-12H2. The van der Waals surface area contributed by atoms with E-state index in [1.165, 1.54) is 66.8 Å². The smallest absolute Gasteiger partial charge is 0.0238 e. The average Bonchev–Trinajstić information content (AvgIpc) is 2.89. The van der Waals surface area contributed by atoms with Crippen LogP contribution in [-0.2, 0) is 77.0 Å². The van der Waals surface area contributed by atoms with Gasteiger partial charge in [0.2, 0.25) is 0 Å². The van der Waals surface area contributed by atoms with Gasteiger partial charge in [-0.1, -0.05) is 72.8 Å². The van der Waals surface area contributed by atoms with Crippen molar-refractivity contribution in [2.24, 2.45) is 0 Å². The van der Waals surface area contributed by atoms with Gasteiger partial charge in [0.15, 0.2) is 0 Å².